The maximum atomic E-state index is 11.2. The lowest BCUT2D eigenvalue weighted by Gasteiger charge is -2.37. The second-order valence-corrected chi connectivity index (χ2v) is 16.2. The number of carbonyl (C=O) groups is 2. The molecule has 8 rings (SSSR count). The van der Waals surface area contributed by atoms with Crippen molar-refractivity contribution in [3.05, 3.63) is 103 Å². The summed E-state index contributed by atoms with van der Waals surface area (Å²) < 4.78 is 23.5. The highest BCUT2D eigenvalue weighted by molar-refractivity contribution is 9.10. The maximum Gasteiger partial charge on any atom is 0.371 e. The van der Waals surface area contributed by atoms with Crippen molar-refractivity contribution in [3.8, 4) is 11.5 Å². The summed E-state index contributed by atoms with van der Waals surface area (Å²) in [7, 11) is 3.32. The number of aromatic carboxylic acids is 2. The highest BCUT2D eigenvalue weighted by Crippen LogP contribution is 2.37. The summed E-state index contributed by atoms with van der Waals surface area (Å²) in [5.41, 5.74) is 5.53. The number of furan rings is 2. The van der Waals surface area contributed by atoms with Gasteiger partial charge in [-0.25, -0.2) is 9.59 Å². The number of thiophene rings is 1. The fourth-order valence-electron chi connectivity index (χ4n) is 7.37. The average Bonchev–Trinajstić information content (AvgIpc) is 3.95. The number of rotatable bonds is 10. The number of anilines is 2. The number of fused-ring (bicyclic) bond motifs is 2. The van der Waals surface area contributed by atoms with Gasteiger partial charge in [-0.15, -0.1) is 11.3 Å². The molecule has 2 N–H and O–H groups in total. The molecule has 2 saturated heterocycles. The van der Waals surface area contributed by atoms with E-state index in [4.69, 9.17) is 35.0 Å². The number of aryl methyl sites for hydroxylation is 1. The lowest BCUT2D eigenvalue weighted by Crippen LogP contribution is -2.46. The highest BCUT2D eigenvalue weighted by Gasteiger charge is 2.24. The number of carboxylic acids is 2. The molecule has 5 heterocycles. The minimum atomic E-state index is -1.06. The van der Waals surface area contributed by atoms with Crippen LogP contribution in [-0.4, -0.2) is 98.5 Å². The Morgan fingerprint density at radius 2 is 1.32 bits per heavy atom. The Bertz CT molecular complexity index is 2360. The van der Waals surface area contributed by atoms with Gasteiger partial charge in [0.25, 0.3) is 0 Å². The first-order valence-corrected chi connectivity index (χ1v) is 20.1. The second kappa shape index (κ2) is 17.2. The summed E-state index contributed by atoms with van der Waals surface area (Å²) in [6.45, 7) is 11.1. The van der Waals surface area contributed by atoms with Gasteiger partial charge in [-0.2, -0.15) is 0 Å². The van der Waals surface area contributed by atoms with Crippen molar-refractivity contribution in [3.63, 3.8) is 0 Å². The molecule has 2 aliphatic heterocycles. The molecule has 0 unspecified atom stereocenters. The predicted molar refractivity (Wildman–Crippen MR) is 223 cm³/mol. The number of halogens is 2. The van der Waals surface area contributed by atoms with Gasteiger partial charge >= 0.3 is 11.9 Å². The smallest absolute Gasteiger partial charge is 0.371 e. The van der Waals surface area contributed by atoms with Crippen molar-refractivity contribution < 1.29 is 38.1 Å². The van der Waals surface area contributed by atoms with Crippen LogP contribution < -0.4 is 19.3 Å². The van der Waals surface area contributed by atoms with Crippen LogP contribution >= 0.6 is 38.9 Å². The van der Waals surface area contributed by atoms with E-state index >= 15 is 0 Å². The molecule has 0 radical (unpaired) electrons. The molecule has 0 spiro atoms. The van der Waals surface area contributed by atoms with Gasteiger partial charge in [0.15, 0.2) is 11.5 Å². The monoisotopic (exact) mass is 864 g/mol. The topological polar surface area (TPSA) is 132 Å². The molecule has 2 aliphatic rings. The van der Waals surface area contributed by atoms with E-state index in [2.05, 4.69) is 47.7 Å². The minimum absolute atomic E-state index is 0.0256. The summed E-state index contributed by atoms with van der Waals surface area (Å²) in [6, 6.07) is 20.9. The molecular formula is C41H42BrClN4O8S. The molecule has 56 heavy (non-hydrogen) atoms. The van der Waals surface area contributed by atoms with Crippen LogP contribution in [0.4, 0.5) is 11.4 Å². The molecule has 15 heteroatoms. The highest BCUT2D eigenvalue weighted by atomic mass is 79.9. The number of ether oxygens (including phenoxy) is 2. The summed E-state index contributed by atoms with van der Waals surface area (Å²) in [4.78, 5) is 33.1. The van der Waals surface area contributed by atoms with Gasteiger partial charge in [-0.1, -0.05) is 23.7 Å². The Morgan fingerprint density at radius 1 is 0.750 bits per heavy atom. The Morgan fingerprint density at radius 3 is 1.89 bits per heavy atom. The second-order valence-electron chi connectivity index (χ2n) is 13.6. The van der Waals surface area contributed by atoms with Crippen molar-refractivity contribution >= 4 is 84.1 Å². The Kier molecular flexibility index (Phi) is 12.1. The van der Waals surface area contributed by atoms with E-state index < -0.39 is 11.9 Å². The number of carboxylic acid groups (broad SMARTS) is 2. The molecule has 0 amide bonds. The zero-order valence-corrected chi connectivity index (χ0v) is 34.4. The summed E-state index contributed by atoms with van der Waals surface area (Å²) >= 11 is 11.3. The first-order chi connectivity index (χ1) is 27.0. The Balaban J connectivity index is 0.000000173. The van der Waals surface area contributed by atoms with Gasteiger partial charge < -0.3 is 38.3 Å². The SMILES string of the molecule is COc1cccc(CN2CCN(c3ccc4oc(C(=O)O)cc4c3C)CC2)c1OC.O=C(O)c1cc2c(Br)c(N3CCN(Cc4ccc(Cl)s4)CC3)ccc2o1. The third kappa shape index (κ3) is 8.49. The lowest BCUT2D eigenvalue weighted by atomic mass is 10.1. The van der Waals surface area contributed by atoms with Crippen molar-refractivity contribution in [2.45, 2.75) is 20.0 Å². The number of hydrogen-bond donors (Lipinski definition) is 2. The molecule has 0 atom stereocenters. The van der Waals surface area contributed by atoms with Gasteiger partial charge in [0, 0.05) is 98.4 Å². The zero-order chi connectivity index (χ0) is 39.5. The van der Waals surface area contributed by atoms with E-state index in [9.17, 15) is 14.7 Å². The van der Waals surface area contributed by atoms with E-state index in [1.165, 1.54) is 4.88 Å². The first-order valence-electron chi connectivity index (χ1n) is 18.1. The minimum Gasteiger partial charge on any atom is -0.493 e. The third-order valence-electron chi connectivity index (χ3n) is 10.3. The molecule has 0 aliphatic carbocycles. The van der Waals surface area contributed by atoms with Crippen LogP contribution in [0.3, 0.4) is 0 Å². The molecule has 294 valence electrons. The normalized spacial score (nSPS) is 15.2. The van der Waals surface area contributed by atoms with Crippen LogP contribution in [0.2, 0.25) is 4.34 Å². The number of para-hydroxylation sites is 1. The molecule has 12 nitrogen and oxygen atoms in total. The van der Waals surface area contributed by atoms with E-state index in [1.54, 1.807) is 37.7 Å². The zero-order valence-electron chi connectivity index (χ0n) is 31.2. The summed E-state index contributed by atoms with van der Waals surface area (Å²) in [5, 5.41) is 19.9. The van der Waals surface area contributed by atoms with Gasteiger partial charge in [0.2, 0.25) is 11.5 Å². The van der Waals surface area contributed by atoms with Crippen molar-refractivity contribution in [1.29, 1.82) is 0 Å². The van der Waals surface area contributed by atoms with Crippen LogP contribution in [0, 0.1) is 6.92 Å². The molecular weight excluding hydrogens is 824 g/mol. The fraction of sp³-hybridized carbons (Fsp3) is 0.317. The van der Waals surface area contributed by atoms with E-state index in [-0.39, 0.29) is 11.5 Å². The summed E-state index contributed by atoms with van der Waals surface area (Å²) in [6.07, 6.45) is 0. The number of benzene rings is 3. The van der Waals surface area contributed by atoms with Crippen LogP contribution in [0.5, 0.6) is 11.5 Å². The largest absolute Gasteiger partial charge is 0.493 e. The fourth-order valence-corrected chi connectivity index (χ4v) is 9.20. The van der Waals surface area contributed by atoms with Gasteiger partial charge in [0.1, 0.15) is 11.2 Å². The van der Waals surface area contributed by atoms with Crippen LogP contribution in [-0.2, 0) is 13.1 Å². The summed E-state index contributed by atoms with van der Waals surface area (Å²) in [5.74, 6) is -0.637. The van der Waals surface area contributed by atoms with E-state index in [1.807, 2.05) is 49.4 Å². The van der Waals surface area contributed by atoms with Gasteiger partial charge in [-0.3, -0.25) is 9.80 Å². The van der Waals surface area contributed by atoms with Crippen LogP contribution in [0.25, 0.3) is 21.9 Å². The maximum absolute atomic E-state index is 11.2. The predicted octanol–water partition coefficient (Wildman–Crippen LogP) is 8.71. The number of nitrogens with zero attached hydrogens (tertiary/aromatic N) is 4. The quantitative estimate of drug-likeness (QED) is 0.137. The van der Waals surface area contributed by atoms with Crippen LogP contribution in [0.15, 0.2) is 80.0 Å². The van der Waals surface area contributed by atoms with Crippen LogP contribution in [0.1, 0.15) is 37.1 Å². The first kappa shape index (κ1) is 39.5. The molecule has 2 fully saturated rings. The van der Waals surface area contributed by atoms with Crippen molar-refractivity contribution in [2.75, 3.05) is 76.4 Å². The third-order valence-corrected chi connectivity index (χ3v) is 12.3. The van der Waals surface area contributed by atoms with E-state index in [0.717, 1.165) is 119 Å². The van der Waals surface area contributed by atoms with Gasteiger partial charge in [0.05, 0.1) is 28.7 Å². The van der Waals surface area contributed by atoms with Crippen molar-refractivity contribution in [2.24, 2.45) is 0 Å². The molecule has 3 aromatic heterocycles. The number of piperazine rings is 2. The van der Waals surface area contributed by atoms with Gasteiger partial charge in [-0.05, 0) is 76.9 Å². The van der Waals surface area contributed by atoms with E-state index in [0.29, 0.717) is 11.2 Å². The lowest BCUT2D eigenvalue weighted by molar-refractivity contribution is 0.0655. The number of hydrogen-bond acceptors (Lipinski definition) is 11. The number of methoxy groups -OCH3 is 2. The Hall–Kier alpha value is -4.73. The Labute approximate surface area is 341 Å². The molecule has 3 aromatic carbocycles. The average molecular weight is 866 g/mol. The molecule has 6 aromatic rings. The molecule has 0 saturated carbocycles. The standard InChI is InChI=1S/C23H26N2O5.C18H16BrClN2O3S/c1-15-17-13-21(23(26)27)30-19(17)8-7-18(15)25-11-9-24(10-12-25)14-16-5-4-6-20(28-2)22(16)29-3;19-17-12-9-15(18(23)24)25-14(12)3-2-13(17)22-7-5-21(6-8-22)10-11-1-4-16(20)26-11/h4-8,13H,9-12,14H2,1-3H3,(H,26,27);1-4,9H,5-8,10H2,(H,23,24). The van der Waals surface area contributed by atoms with Crippen molar-refractivity contribution in [1.82, 2.24) is 9.80 Å². The molecule has 0 bridgehead atoms.